The third-order valence-corrected chi connectivity index (χ3v) is 4.39. The number of esters is 1. The summed E-state index contributed by atoms with van der Waals surface area (Å²) >= 11 is 0. The summed E-state index contributed by atoms with van der Waals surface area (Å²) in [4.78, 5) is 38.3. The van der Waals surface area contributed by atoms with Gasteiger partial charge in [-0.25, -0.2) is 4.79 Å². The number of rotatable bonds is 7. The summed E-state index contributed by atoms with van der Waals surface area (Å²) in [6.45, 7) is 4.21. The van der Waals surface area contributed by atoms with Crippen molar-refractivity contribution in [2.75, 3.05) is 25.7 Å². The number of nitrogens with one attached hydrogen (secondary N) is 1. The molecule has 0 aromatic heterocycles. The molecule has 0 spiro atoms. The number of methoxy groups -OCH3 is 2. The van der Waals surface area contributed by atoms with Crippen LogP contribution in [0.3, 0.4) is 0 Å². The summed E-state index contributed by atoms with van der Waals surface area (Å²) in [5, 5.41) is 2.74. The van der Waals surface area contributed by atoms with Gasteiger partial charge in [0.1, 0.15) is 11.8 Å². The Morgan fingerprint density at radius 1 is 1.23 bits per heavy atom. The molecule has 2 amide bonds. The van der Waals surface area contributed by atoms with E-state index in [0.717, 1.165) is 5.69 Å². The van der Waals surface area contributed by atoms with Crippen molar-refractivity contribution in [3.8, 4) is 5.75 Å². The van der Waals surface area contributed by atoms with Crippen LogP contribution in [0.25, 0.3) is 0 Å². The van der Waals surface area contributed by atoms with Crippen molar-refractivity contribution >= 4 is 23.5 Å². The highest BCUT2D eigenvalue weighted by Gasteiger charge is 2.36. The fraction of sp³-hybridized carbons (Fsp3) is 0.526. The first-order valence-electron chi connectivity index (χ1n) is 8.68. The van der Waals surface area contributed by atoms with Gasteiger partial charge < -0.3 is 19.7 Å². The van der Waals surface area contributed by atoms with E-state index < -0.39 is 17.9 Å². The molecular formula is C19H26N2O5. The third kappa shape index (κ3) is 4.74. The fourth-order valence-electron chi connectivity index (χ4n) is 3.01. The summed E-state index contributed by atoms with van der Waals surface area (Å²) in [7, 11) is 2.87. The number of hydrogen-bond acceptors (Lipinski definition) is 5. The van der Waals surface area contributed by atoms with E-state index in [1.54, 1.807) is 36.3 Å². The van der Waals surface area contributed by atoms with E-state index in [4.69, 9.17) is 9.47 Å². The van der Waals surface area contributed by atoms with Crippen LogP contribution in [0.5, 0.6) is 5.75 Å². The molecule has 1 aliphatic heterocycles. The number of nitrogens with zero attached hydrogens (tertiary/aromatic N) is 1. The van der Waals surface area contributed by atoms with Gasteiger partial charge in [-0.05, 0) is 36.6 Å². The smallest absolute Gasteiger partial charge is 0.328 e. The van der Waals surface area contributed by atoms with Crippen LogP contribution >= 0.6 is 0 Å². The SMILES string of the molecule is COC(=O)C(CC(C)C)NC(=O)C1CC(=O)N(c2ccc(OC)cc2)C1. The minimum atomic E-state index is -0.697. The molecule has 1 saturated heterocycles. The molecule has 7 heteroatoms. The molecule has 0 saturated carbocycles. The van der Waals surface area contributed by atoms with Gasteiger partial charge in [-0.15, -0.1) is 0 Å². The van der Waals surface area contributed by atoms with Gasteiger partial charge >= 0.3 is 5.97 Å². The first-order chi connectivity index (χ1) is 12.3. The summed E-state index contributed by atoms with van der Waals surface area (Å²) in [5.74, 6) is -0.462. The maximum Gasteiger partial charge on any atom is 0.328 e. The summed E-state index contributed by atoms with van der Waals surface area (Å²) in [6, 6.07) is 6.41. The number of ether oxygens (including phenoxy) is 2. The van der Waals surface area contributed by atoms with Gasteiger partial charge in [-0.3, -0.25) is 9.59 Å². The Hall–Kier alpha value is -2.57. The molecule has 1 fully saturated rings. The van der Waals surface area contributed by atoms with Crippen LogP contribution in [0.1, 0.15) is 26.7 Å². The second kappa shape index (κ2) is 8.69. The van der Waals surface area contributed by atoms with Crippen molar-refractivity contribution in [3.05, 3.63) is 24.3 Å². The Balaban J connectivity index is 2.03. The van der Waals surface area contributed by atoms with Crippen LogP contribution in [-0.2, 0) is 19.1 Å². The average Bonchev–Trinajstić information content (AvgIpc) is 3.02. The number of carbonyl (C=O) groups is 3. The Kier molecular flexibility index (Phi) is 6.60. The summed E-state index contributed by atoms with van der Waals surface area (Å²) in [5.41, 5.74) is 0.720. The van der Waals surface area contributed by atoms with Crippen molar-refractivity contribution in [2.24, 2.45) is 11.8 Å². The van der Waals surface area contributed by atoms with E-state index in [-0.39, 0.29) is 30.7 Å². The molecule has 26 heavy (non-hydrogen) atoms. The van der Waals surface area contributed by atoms with Crippen molar-refractivity contribution in [3.63, 3.8) is 0 Å². The van der Waals surface area contributed by atoms with E-state index in [1.807, 2.05) is 13.8 Å². The second-order valence-corrected chi connectivity index (χ2v) is 6.82. The van der Waals surface area contributed by atoms with E-state index in [0.29, 0.717) is 12.2 Å². The average molecular weight is 362 g/mol. The number of carbonyl (C=O) groups excluding carboxylic acids is 3. The number of benzene rings is 1. The van der Waals surface area contributed by atoms with Crippen LogP contribution in [0, 0.1) is 11.8 Å². The number of hydrogen-bond donors (Lipinski definition) is 1. The molecular weight excluding hydrogens is 336 g/mol. The summed E-state index contributed by atoms with van der Waals surface area (Å²) < 4.78 is 9.88. The van der Waals surface area contributed by atoms with Gasteiger partial charge in [-0.1, -0.05) is 13.8 Å². The Labute approximate surface area is 153 Å². The molecule has 1 aliphatic rings. The second-order valence-electron chi connectivity index (χ2n) is 6.82. The van der Waals surface area contributed by atoms with Gasteiger partial charge in [0.25, 0.3) is 0 Å². The molecule has 2 rings (SSSR count). The maximum absolute atomic E-state index is 12.6. The van der Waals surface area contributed by atoms with Crippen molar-refractivity contribution in [2.45, 2.75) is 32.7 Å². The normalized spacial score (nSPS) is 18.0. The van der Waals surface area contributed by atoms with Gasteiger partial charge in [0.2, 0.25) is 11.8 Å². The molecule has 2 atom stereocenters. The van der Waals surface area contributed by atoms with E-state index in [1.165, 1.54) is 7.11 Å². The van der Waals surface area contributed by atoms with Gasteiger partial charge in [0.05, 0.1) is 20.1 Å². The minimum Gasteiger partial charge on any atom is -0.497 e. The first-order valence-corrected chi connectivity index (χ1v) is 8.68. The van der Waals surface area contributed by atoms with Gasteiger partial charge in [0, 0.05) is 18.7 Å². The quantitative estimate of drug-likeness (QED) is 0.747. The molecule has 0 bridgehead atoms. The van der Waals surface area contributed by atoms with Crippen LogP contribution in [0.2, 0.25) is 0 Å². The monoisotopic (exact) mass is 362 g/mol. The lowest BCUT2D eigenvalue weighted by Crippen LogP contribution is -2.45. The molecule has 1 N–H and O–H groups in total. The zero-order valence-electron chi connectivity index (χ0n) is 15.7. The van der Waals surface area contributed by atoms with Crippen LogP contribution in [0.15, 0.2) is 24.3 Å². The molecule has 2 unspecified atom stereocenters. The zero-order valence-corrected chi connectivity index (χ0v) is 15.7. The molecule has 1 aromatic carbocycles. The largest absolute Gasteiger partial charge is 0.497 e. The molecule has 142 valence electrons. The number of amides is 2. The highest BCUT2D eigenvalue weighted by atomic mass is 16.5. The molecule has 0 aliphatic carbocycles. The van der Waals surface area contributed by atoms with Crippen LogP contribution in [0.4, 0.5) is 5.69 Å². The van der Waals surface area contributed by atoms with Crippen molar-refractivity contribution in [1.82, 2.24) is 5.32 Å². The Morgan fingerprint density at radius 3 is 2.42 bits per heavy atom. The maximum atomic E-state index is 12.6. The molecule has 0 radical (unpaired) electrons. The topological polar surface area (TPSA) is 84.9 Å². The fourth-order valence-corrected chi connectivity index (χ4v) is 3.01. The van der Waals surface area contributed by atoms with E-state index in [9.17, 15) is 14.4 Å². The predicted molar refractivity (Wildman–Crippen MR) is 96.9 cm³/mol. The third-order valence-electron chi connectivity index (χ3n) is 4.39. The molecule has 7 nitrogen and oxygen atoms in total. The van der Waals surface area contributed by atoms with Crippen LogP contribution < -0.4 is 15.0 Å². The van der Waals surface area contributed by atoms with E-state index >= 15 is 0 Å². The van der Waals surface area contributed by atoms with Gasteiger partial charge in [0.15, 0.2) is 0 Å². The minimum absolute atomic E-state index is 0.117. The molecule has 1 heterocycles. The first kappa shape index (κ1) is 19.8. The highest BCUT2D eigenvalue weighted by molar-refractivity contribution is 6.00. The standard InChI is InChI=1S/C19H26N2O5/c1-12(2)9-16(19(24)26-4)20-18(23)13-10-17(22)21(11-13)14-5-7-15(25-3)8-6-14/h5-8,12-13,16H,9-11H2,1-4H3,(H,20,23). The summed E-state index contributed by atoms with van der Waals surface area (Å²) in [6.07, 6.45) is 0.606. The highest BCUT2D eigenvalue weighted by Crippen LogP contribution is 2.27. The lowest BCUT2D eigenvalue weighted by Gasteiger charge is -2.21. The zero-order chi connectivity index (χ0) is 19.3. The number of anilines is 1. The van der Waals surface area contributed by atoms with Gasteiger partial charge in [-0.2, -0.15) is 0 Å². The van der Waals surface area contributed by atoms with Crippen molar-refractivity contribution < 1.29 is 23.9 Å². The lowest BCUT2D eigenvalue weighted by atomic mass is 10.0. The van der Waals surface area contributed by atoms with E-state index in [2.05, 4.69) is 5.32 Å². The lowest BCUT2D eigenvalue weighted by molar-refractivity contribution is -0.146. The Morgan fingerprint density at radius 2 is 1.88 bits per heavy atom. The molecule has 1 aromatic rings. The van der Waals surface area contributed by atoms with Crippen molar-refractivity contribution in [1.29, 1.82) is 0 Å². The predicted octanol–water partition coefficient (Wildman–Crippen LogP) is 1.75. The Bertz CT molecular complexity index is 656. The van der Waals surface area contributed by atoms with Crippen LogP contribution in [-0.4, -0.2) is 44.6 Å².